The summed E-state index contributed by atoms with van der Waals surface area (Å²) >= 11 is 0. The molecule has 0 fully saturated rings. The molecule has 0 spiro atoms. The van der Waals surface area contributed by atoms with E-state index in [2.05, 4.69) is 6.07 Å². The Morgan fingerprint density at radius 3 is 2.77 bits per heavy atom. The van der Waals surface area contributed by atoms with Gasteiger partial charge in [-0.25, -0.2) is 0 Å². The molecule has 0 saturated carbocycles. The molecule has 1 rings (SSSR count). The first-order valence-electron chi connectivity index (χ1n) is 4.29. The summed E-state index contributed by atoms with van der Waals surface area (Å²) in [5.74, 6) is -0.106. The van der Waals surface area contributed by atoms with Crippen LogP contribution in [0.3, 0.4) is 0 Å². The van der Waals surface area contributed by atoms with Crippen LogP contribution < -0.4 is 0 Å². The Labute approximate surface area is 78.4 Å². The van der Waals surface area contributed by atoms with Gasteiger partial charge in [-0.05, 0) is 30.5 Å². The number of benzene rings is 1. The summed E-state index contributed by atoms with van der Waals surface area (Å²) in [6, 6.07) is 7.93. The minimum absolute atomic E-state index is 0.0395. The zero-order chi connectivity index (χ0) is 9.84. The molecule has 0 bridgehead atoms. The van der Waals surface area contributed by atoms with Crippen molar-refractivity contribution in [1.82, 2.24) is 0 Å². The molecule has 1 aromatic carbocycles. The lowest BCUT2D eigenvalue weighted by molar-refractivity contribution is 0.281. The number of aliphatic hydroxyl groups is 1. The van der Waals surface area contributed by atoms with Crippen molar-refractivity contribution in [3.8, 4) is 6.07 Å². The number of nitriles is 1. The number of rotatable bonds is 2. The van der Waals surface area contributed by atoms with Crippen LogP contribution in [-0.2, 0) is 6.61 Å². The molecule has 1 atom stereocenters. The Morgan fingerprint density at radius 1 is 1.54 bits per heavy atom. The maximum absolute atomic E-state index is 9.01. The van der Waals surface area contributed by atoms with E-state index < -0.39 is 0 Å². The molecule has 68 valence electrons. The molecule has 0 amide bonds. The number of hydrogen-bond donors (Lipinski definition) is 1. The maximum Gasteiger partial charge on any atom is 0.0700 e. The highest BCUT2D eigenvalue weighted by atomic mass is 16.3. The van der Waals surface area contributed by atoms with Crippen LogP contribution >= 0.6 is 0 Å². The van der Waals surface area contributed by atoms with E-state index in [1.165, 1.54) is 0 Å². The van der Waals surface area contributed by atoms with Gasteiger partial charge >= 0.3 is 0 Å². The molecule has 0 radical (unpaired) electrons. The monoisotopic (exact) mass is 175 g/mol. The molecule has 13 heavy (non-hydrogen) atoms. The van der Waals surface area contributed by atoms with Crippen LogP contribution in [0.1, 0.15) is 29.5 Å². The molecule has 0 aliphatic rings. The van der Waals surface area contributed by atoms with Crippen molar-refractivity contribution < 1.29 is 5.11 Å². The van der Waals surface area contributed by atoms with E-state index in [1.807, 2.05) is 32.0 Å². The summed E-state index contributed by atoms with van der Waals surface area (Å²) in [6.45, 7) is 3.84. The molecule has 1 N–H and O–H groups in total. The highest BCUT2D eigenvalue weighted by molar-refractivity contribution is 5.34. The van der Waals surface area contributed by atoms with Gasteiger partial charge in [0.15, 0.2) is 0 Å². The Kier molecular flexibility index (Phi) is 3.05. The standard InChI is InChI=1S/C11H13NO/c1-8-3-4-10(9(2)6-12)5-11(8)7-13/h3-5,9,13H,7H2,1-2H3. The SMILES string of the molecule is Cc1ccc(C(C)C#N)cc1CO. The molecule has 2 nitrogen and oxygen atoms in total. The first-order chi connectivity index (χ1) is 6.19. The normalized spacial score (nSPS) is 12.2. The lowest BCUT2D eigenvalue weighted by Crippen LogP contribution is -1.94. The predicted molar refractivity (Wildman–Crippen MR) is 51.1 cm³/mol. The van der Waals surface area contributed by atoms with Gasteiger partial charge in [0.25, 0.3) is 0 Å². The third-order valence-electron chi connectivity index (χ3n) is 2.24. The molecule has 0 aliphatic heterocycles. The van der Waals surface area contributed by atoms with E-state index >= 15 is 0 Å². The molecule has 1 aromatic rings. The minimum atomic E-state index is -0.106. The Balaban J connectivity index is 3.08. The third kappa shape index (κ3) is 2.07. The van der Waals surface area contributed by atoms with Gasteiger partial charge in [0, 0.05) is 0 Å². The minimum Gasteiger partial charge on any atom is -0.392 e. The second-order valence-corrected chi connectivity index (χ2v) is 3.19. The maximum atomic E-state index is 9.01. The van der Waals surface area contributed by atoms with Crippen LogP contribution in [-0.4, -0.2) is 5.11 Å². The molecule has 0 saturated heterocycles. The molecule has 0 aromatic heterocycles. The predicted octanol–water partition coefficient (Wildman–Crippen LogP) is 2.11. The Bertz CT molecular complexity index is 338. The lowest BCUT2D eigenvalue weighted by Gasteiger charge is -2.07. The van der Waals surface area contributed by atoms with Gasteiger partial charge in [0.2, 0.25) is 0 Å². The first kappa shape index (κ1) is 9.76. The van der Waals surface area contributed by atoms with Crippen LogP contribution in [0.4, 0.5) is 0 Å². The lowest BCUT2D eigenvalue weighted by atomic mass is 9.98. The third-order valence-corrected chi connectivity index (χ3v) is 2.24. The summed E-state index contributed by atoms with van der Waals surface area (Å²) in [4.78, 5) is 0. The fourth-order valence-electron chi connectivity index (χ4n) is 1.21. The van der Waals surface area contributed by atoms with E-state index in [4.69, 9.17) is 10.4 Å². The fourth-order valence-corrected chi connectivity index (χ4v) is 1.21. The number of nitrogens with zero attached hydrogens (tertiary/aromatic N) is 1. The number of aryl methyl sites for hydroxylation is 1. The first-order valence-corrected chi connectivity index (χ1v) is 4.29. The van der Waals surface area contributed by atoms with Crippen LogP contribution in [0, 0.1) is 18.3 Å². The van der Waals surface area contributed by atoms with Crippen molar-refractivity contribution in [2.75, 3.05) is 0 Å². The van der Waals surface area contributed by atoms with Crippen molar-refractivity contribution in [1.29, 1.82) is 5.26 Å². The molecular formula is C11H13NO. The molecule has 2 heteroatoms. The van der Waals surface area contributed by atoms with Gasteiger partial charge in [-0.1, -0.05) is 18.2 Å². The van der Waals surface area contributed by atoms with Gasteiger partial charge in [-0.15, -0.1) is 0 Å². The second-order valence-electron chi connectivity index (χ2n) is 3.19. The van der Waals surface area contributed by atoms with Gasteiger partial charge in [-0.2, -0.15) is 5.26 Å². The van der Waals surface area contributed by atoms with Crippen molar-refractivity contribution in [2.45, 2.75) is 26.4 Å². The fraction of sp³-hybridized carbons (Fsp3) is 0.364. The van der Waals surface area contributed by atoms with Crippen molar-refractivity contribution in [2.24, 2.45) is 0 Å². The van der Waals surface area contributed by atoms with E-state index in [0.717, 1.165) is 16.7 Å². The van der Waals surface area contributed by atoms with E-state index in [9.17, 15) is 0 Å². The summed E-state index contributed by atoms with van der Waals surface area (Å²) in [5.41, 5.74) is 2.94. The van der Waals surface area contributed by atoms with Crippen LogP contribution in [0.15, 0.2) is 18.2 Å². The summed E-state index contributed by atoms with van der Waals surface area (Å²) in [6.07, 6.45) is 0. The average Bonchev–Trinajstić information content (AvgIpc) is 2.17. The quantitative estimate of drug-likeness (QED) is 0.748. The van der Waals surface area contributed by atoms with E-state index in [1.54, 1.807) is 0 Å². The van der Waals surface area contributed by atoms with Crippen molar-refractivity contribution in [3.63, 3.8) is 0 Å². The number of aliphatic hydroxyl groups excluding tert-OH is 1. The largest absolute Gasteiger partial charge is 0.392 e. The molecule has 0 aliphatic carbocycles. The Hall–Kier alpha value is -1.33. The van der Waals surface area contributed by atoms with Crippen molar-refractivity contribution in [3.05, 3.63) is 34.9 Å². The summed E-state index contributed by atoms with van der Waals surface area (Å²) in [7, 11) is 0. The van der Waals surface area contributed by atoms with Crippen molar-refractivity contribution >= 4 is 0 Å². The van der Waals surface area contributed by atoms with E-state index in [-0.39, 0.29) is 12.5 Å². The average molecular weight is 175 g/mol. The van der Waals surface area contributed by atoms with E-state index in [0.29, 0.717) is 0 Å². The number of hydrogen-bond acceptors (Lipinski definition) is 2. The van der Waals surface area contributed by atoms with Crippen LogP contribution in [0.2, 0.25) is 0 Å². The highest BCUT2D eigenvalue weighted by Crippen LogP contribution is 2.18. The highest BCUT2D eigenvalue weighted by Gasteiger charge is 2.05. The van der Waals surface area contributed by atoms with Crippen LogP contribution in [0.25, 0.3) is 0 Å². The Morgan fingerprint density at radius 2 is 2.23 bits per heavy atom. The smallest absolute Gasteiger partial charge is 0.0700 e. The molecule has 1 unspecified atom stereocenters. The van der Waals surface area contributed by atoms with Gasteiger partial charge < -0.3 is 5.11 Å². The second kappa shape index (κ2) is 4.06. The van der Waals surface area contributed by atoms with Gasteiger partial charge in [-0.3, -0.25) is 0 Å². The molecule has 0 heterocycles. The molecular weight excluding hydrogens is 162 g/mol. The van der Waals surface area contributed by atoms with Gasteiger partial charge in [0.1, 0.15) is 0 Å². The van der Waals surface area contributed by atoms with Gasteiger partial charge in [0.05, 0.1) is 18.6 Å². The summed E-state index contributed by atoms with van der Waals surface area (Å²) < 4.78 is 0. The zero-order valence-corrected chi connectivity index (χ0v) is 7.91. The zero-order valence-electron chi connectivity index (χ0n) is 7.91. The topological polar surface area (TPSA) is 44.0 Å². The van der Waals surface area contributed by atoms with Crippen LogP contribution in [0.5, 0.6) is 0 Å². The summed E-state index contributed by atoms with van der Waals surface area (Å²) in [5, 5.41) is 17.7.